The number of hydrogen-bond acceptors (Lipinski definition) is 7. The van der Waals surface area contributed by atoms with Gasteiger partial charge in [0, 0.05) is 41.5 Å². The normalized spacial score (nSPS) is 19.2. The monoisotopic (exact) mass is 616 g/mol. The molecule has 4 heterocycles. The zero-order valence-electron chi connectivity index (χ0n) is 23.8. The van der Waals surface area contributed by atoms with E-state index in [1.165, 1.54) is 24.1 Å². The Labute approximate surface area is 251 Å². The number of aliphatic carboxylic acids is 1. The molecule has 2 aromatic rings. The zero-order valence-corrected chi connectivity index (χ0v) is 24.6. The first-order valence-corrected chi connectivity index (χ1v) is 14.2. The second kappa shape index (κ2) is 11.8. The summed E-state index contributed by atoms with van der Waals surface area (Å²) in [5.74, 6) is -3.58. The summed E-state index contributed by atoms with van der Waals surface area (Å²) < 4.78 is 40.8. The Kier molecular flexibility index (Phi) is 8.33. The molecule has 5 rings (SSSR count). The van der Waals surface area contributed by atoms with Gasteiger partial charge in [0.25, 0.3) is 11.8 Å². The number of ether oxygens (including phenoxy) is 2. The van der Waals surface area contributed by atoms with Gasteiger partial charge in [0.1, 0.15) is 23.9 Å². The zero-order chi connectivity index (χ0) is 31.1. The maximum atomic E-state index is 15.3. The van der Waals surface area contributed by atoms with Crippen molar-refractivity contribution in [3.05, 3.63) is 70.5 Å². The summed E-state index contributed by atoms with van der Waals surface area (Å²) in [5.41, 5.74) is -0.601. The van der Waals surface area contributed by atoms with E-state index in [0.29, 0.717) is 36.0 Å². The molecule has 3 aliphatic heterocycles. The van der Waals surface area contributed by atoms with E-state index in [1.807, 2.05) is 0 Å². The lowest BCUT2D eigenvalue weighted by atomic mass is 9.96. The number of pyridine rings is 1. The number of likely N-dealkylation sites (tertiary alicyclic amines) is 1. The predicted molar refractivity (Wildman–Crippen MR) is 152 cm³/mol. The first-order chi connectivity index (χ1) is 20.4. The number of amides is 2. The SMILES string of the molecule is C[C@@H](COc1ccc(F)cc1-c1cnc(C(=O)N2CCC(N3C(=O)C(C)(C)OC4=C3C=C(Cl)CN4)CC2)c(F)c1)C(=O)O. The van der Waals surface area contributed by atoms with E-state index in [4.69, 9.17) is 26.2 Å². The van der Waals surface area contributed by atoms with Gasteiger partial charge < -0.3 is 29.7 Å². The third-order valence-electron chi connectivity index (χ3n) is 7.62. The number of nitrogens with zero attached hydrogens (tertiary/aromatic N) is 3. The van der Waals surface area contributed by atoms with Crippen LogP contribution in [0.15, 0.2) is 53.2 Å². The van der Waals surface area contributed by atoms with Gasteiger partial charge in [-0.1, -0.05) is 11.6 Å². The number of aromatic nitrogens is 1. The molecular weight excluding hydrogens is 586 g/mol. The second-order valence-corrected chi connectivity index (χ2v) is 11.7. The molecule has 2 N–H and O–H groups in total. The van der Waals surface area contributed by atoms with Crippen LogP contribution in [0.5, 0.6) is 5.75 Å². The summed E-state index contributed by atoms with van der Waals surface area (Å²) in [6, 6.07) is 4.44. The molecule has 1 fully saturated rings. The lowest BCUT2D eigenvalue weighted by molar-refractivity contribution is -0.156. The molecule has 1 aromatic carbocycles. The van der Waals surface area contributed by atoms with Crippen LogP contribution in [0.4, 0.5) is 8.78 Å². The molecule has 43 heavy (non-hydrogen) atoms. The third-order valence-corrected chi connectivity index (χ3v) is 7.86. The highest BCUT2D eigenvalue weighted by Crippen LogP contribution is 2.36. The number of carboxylic acid groups (broad SMARTS) is 1. The van der Waals surface area contributed by atoms with Gasteiger partial charge in [0.2, 0.25) is 5.88 Å². The summed E-state index contributed by atoms with van der Waals surface area (Å²) in [7, 11) is 0. The number of piperidine rings is 1. The number of carbonyl (C=O) groups is 3. The van der Waals surface area contributed by atoms with E-state index < -0.39 is 35.0 Å². The van der Waals surface area contributed by atoms with Gasteiger partial charge in [-0.05, 0) is 64.0 Å². The number of carbonyl (C=O) groups excluding carboxylic acids is 2. The van der Waals surface area contributed by atoms with Gasteiger partial charge in [-0.25, -0.2) is 13.8 Å². The molecule has 10 nitrogen and oxygen atoms in total. The van der Waals surface area contributed by atoms with Crippen molar-refractivity contribution in [2.75, 3.05) is 26.2 Å². The minimum absolute atomic E-state index is 0.153. The van der Waals surface area contributed by atoms with E-state index in [1.54, 1.807) is 24.8 Å². The van der Waals surface area contributed by atoms with Crippen LogP contribution in [0.2, 0.25) is 0 Å². The minimum atomic E-state index is -1.09. The fourth-order valence-electron chi connectivity index (χ4n) is 5.21. The fraction of sp³-hybridized carbons (Fsp3) is 0.400. The van der Waals surface area contributed by atoms with Crippen molar-refractivity contribution >= 4 is 29.4 Å². The van der Waals surface area contributed by atoms with Crippen molar-refractivity contribution in [1.29, 1.82) is 0 Å². The number of nitrogens with one attached hydrogen (secondary N) is 1. The Balaban J connectivity index is 1.30. The number of benzene rings is 1. The molecule has 228 valence electrons. The van der Waals surface area contributed by atoms with E-state index >= 15 is 4.39 Å². The van der Waals surface area contributed by atoms with Crippen LogP contribution in [0.3, 0.4) is 0 Å². The third kappa shape index (κ3) is 6.15. The van der Waals surface area contributed by atoms with Crippen molar-refractivity contribution in [2.45, 2.75) is 45.3 Å². The summed E-state index contributed by atoms with van der Waals surface area (Å²) in [5, 5.41) is 12.8. The summed E-state index contributed by atoms with van der Waals surface area (Å²) >= 11 is 6.24. The van der Waals surface area contributed by atoms with Gasteiger partial charge in [-0.2, -0.15) is 0 Å². The minimum Gasteiger partial charge on any atom is -0.492 e. The highest BCUT2D eigenvalue weighted by Gasteiger charge is 2.46. The number of carboxylic acids is 1. The molecule has 0 bridgehead atoms. The maximum Gasteiger partial charge on any atom is 0.309 e. The van der Waals surface area contributed by atoms with Crippen LogP contribution < -0.4 is 10.1 Å². The van der Waals surface area contributed by atoms with Gasteiger partial charge in [-0.15, -0.1) is 0 Å². The molecule has 0 saturated carbocycles. The van der Waals surface area contributed by atoms with E-state index in [2.05, 4.69) is 10.3 Å². The highest BCUT2D eigenvalue weighted by atomic mass is 35.5. The van der Waals surface area contributed by atoms with Crippen LogP contribution in [0.25, 0.3) is 11.1 Å². The molecule has 0 aliphatic carbocycles. The van der Waals surface area contributed by atoms with Gasteiger partial charge in [0.15, 0.2) is 17.1 Å². The topological polar surface area (TPSA) is 121 Å². The fourth-order valence-corrected chi connectivity index (χ4v) is 5.38. The number of halogens is 3. The largest absolute Gasteiger partial charge is 0.492 e. The molecular formula is C30H31ClF2N4O6. The lowest BCUT2D eigenvalue weighted by Crippen LogP contribution is -2.58. The van der Waals surface area contributed by atoms with Crippen molar-refractivity contribution in [3.8, 4) is 16.9 Å². The first-order valence-electron chi connectivity index (χ1n) is 13.8. The molecule has 13 heteroatoms. The van der Waals surface area contributed by atoms with Crippen LogP contribution >= 0.6 is 11.6 Å². The number of hydrogen-bond donors (Lipinski definition) is 2. The van der Waals surface area contributed by atoms with Crippen LogP contribution in [-0.2, 0) is 14.3 Å². The lowest BCUT2D eigenvalue weighted by Gasteiger charge is -2.46. The van der Waals surface area contributed by atoms with Crippen molar-refractivity contribution in [2.24, 2.45) is 5.92 Å². The summed E-state index contributed by atoms with van der Waals surface area (Å²) in [6.07, 6.45) is 3.84. The smallest absolute Gasteiger partial charge is 0.309 e. The van der Waals surface area contributed by atoms with E-state index in [-0.39, 0.29) is 54.2 Å². The number of rotatable bonds is 7. The van der Waals surface area contributed by atoms with Crippen molar-refractivity contribution in [1.82, 2.24) is 20.1 Å². The van der Waals surface area contributed by atoms with E-state index in [9.17, 15) is 18.8 Å². The Morgan fingerprint density at radius 1 is 1.26 bits per heavy atom. The van der Waals surface area contributed by atoms with Crippen LogP contribution in [-0.4, -0.2) is 75.6 Å². The summed E-state index contributed by atoms with van der Waals surface area (Å²) in [4.78, 5) is 45.0. The Bertz CT molecular complexity index is 1540. The van der Waals surface area contributed by atoms with Gasteiger partial charge >= 0.3 is 5.97 Å². The standard InChI is InChI=1S/C30H31ClF2N4O6/c1-16(28(39)40)15-42-24-5-4-19(32)12-21(24)17-10-22(33)25(34-13-17)27(38)36-8-6-20(7-9-36)37-23-11-18(31)14-35-26(23)43-30(2,3)29(37)41/h4-5,10-13,16,20,35H,6-9,14-15H2,1-3H3,(H,39,40)/t16-/m0/s1. The molecule has 0 spiro atoms. The molecule has 0 radical (unpaired) electrons. The van der Waals surface area contributed by atoms with Crippen LogP contribution in [0.1, 0.15) is 44.1 Å². The molecule has 1 saturated heterocycles. The maximum absolute atomic E-state index is 15.3. The molecule has 0 unspecified atom stereocenters. The highest BCUT2D eigenvalue weighted by molar-refractivity contribution is 6.30. The molecule has 1 aromatic heterocycles. The molecule has 2 amide bonds. The second-order valence-electron chi connectivity index (χ2n) is 11.2. The average Bonchev–Trinajstić information content (AvgIpc) is 2.97. The van der Waals surface area contributed by atoms with Gasteiger partial charge in [0.05, 0.1) is 12.5 Å². The quantitative estimate of drug-likeness (QED) is 0.473. The predicted octanol–water partition coefficient (Wildman–Crippen LogP) is 4.26. The Morgan fingerprint density at radius 2 is 1.98 bits per heavy atom. The average molecular weight is 617 g/mol. The Morgan fingerprint density at radius 3 is 2.65 bits per heavy atom. The number of dihydropyridines is 1. The van der Waals surface area contributed by atoms with Crippen molar-refractivity contribution in [3.63, 3.8) is 0 Å². The van der Waals surface area contributed by atoms with Gasteiger partial charge in [-0.3, -0.25) is 14.4 Å². The first kappa shape index (κ1) is 30.3. The number of allylic oxidation sites excluding steroid dienone is 1. The molecule has 1 atom stereocenters. The summed E-state index contributed by atoms with van der Waals surface area (Å²) in [6.45, 7) is 5.58. The molecule has 3 aliphatic rings. The Hall–Kier alpha value is -4.19. The van der Waals surface area contributed by atoms with Crippen molar-refractivity contribution < 1.29 is 37.7 Å². The van der Waals surface area contributed by atoms with E-state index in [0.717, 1.165) is 18.2 Å². The van der Waals surface area contributed by atoms with Crippen LogP contribution in [0, 0.1) is 17.6 Å².